The zero-order chi connectivity index (χ0) is 14.1. The molecule has 2 atom stereocenters. The summed E-state index contributed by atoms with van der Waals surface area (Å²) in [5.74, 6) is 0. The number of aliphatic hydroxyl groups is 1. The Bertz CT molecular complexity index is 626. The maximum atomic E-state index is 10.1. The number of rotatable bonds is 4. The second kappa shape index (κ2) is 6.61. The lowest BCUT2D eigenvalue weighted by molar-refractivity contribution is 0.134. The van der Waals surface area contributed by atoms with Crippen LogP contribution in [0, 0.1) is 0 Å². The molecule has 2 aromatic rings. The molecule has 0 unspecified atom stereocenters. The Balaban J connectivity index is 0.00000161. The Morgan fingerprint density at radius 1 is 1.10 bits per heavy atom. The van der Waals surface area contributed by atoms with Crippen molar-refractivity contribution in [1.29, 1.82) is 0 Å². The third-order valence-electron chi connectivity index (χ3n) is 4.20. The molecule has 2 aromatic carbocycles. The molecule has 0 aromatic heterocycles. The fourth-order valence-electron chi connectivity index (χ4n) is 3.07. The Kier molecular flexibility index (Phi) is 5.04. The van der Waals surface area contributed by atoms with Crippen molar-refractivity contribution in [1.82, 2.24) is 0 Å². The van der Waals surface area contributed by atoms with Gasteiger partial charge in [0.05, 0.1) is 12.1 Å². The maximum absolute atomic E-state index is 10.1. The van der Waals surface area contributed by atoms with Gasteiger partial charge >= 0.3 is 0 Å². The van der Waals surface area contributed by atoms with Gasteiger partial charge in [-0.1, -0.05) is 55.8 Å². The number of halogens is 1. The van der Waals surface area contributed by atoms with Crippen LogP contribution in [0.4, 0.5) is 0 Å². The average Bonchev–Trinajstić information content (AvgIpc) is 2.84. The molecule has 0 fully saturated rings. The summed E-state index contributed by atoms with van der Waals surface area (Å²) in [6, 6.07) is 14.6. The van der Waals surface area contributed by atoms with E-state index in [9.17, 15) is 5.11 Å². The van der Waals surface area contributed by atoms with Crippen LogP contribution in [0.2, 0.25) is 0 Å². The third-order valence-corrected chi connectivity index (χ3v) is 4.20. The van der Waals surface area contributed by atoms with Gasteiger partial charge in [-0.2, -0.15) is 0 Å². The van der Waals surface area contributed by atoms with E-state index in [-0.39, 0.29) is 18.4 Å². The zero-order valence-electron chi connectivity index (χ0n) is 12.3. The summed E-state index contributed by atoms with van der Waals surface area (Å²) in [5.41, 5.74) is 12.5. The van der Waals surface area contributed by atoms with E-state index in [4.69, 9.17) is 5.73 Å². The van der Waals surface area contributed by atoms with Crippen LogP contribution in [0.1, 0.15) is 42.5 Å². The molecule has 112 valence electrons. The number of fused-ring (bicyclic) bond motifs is 3. The zero-order valence-corrected chi connectivity index (χ0v) is 13.1. The highest BCUT2D eigenvalue weighted by atomic mass is 35.5. The molecule has 2 nitrogen and oxygen atoms in total. The molecular weight excluding hydrogens is 282 g/mol. The van der Waals surface area contributed by atoms with E-state index in [0.717, 1.165) is 24.8 Å². The summed E-state index contributed by atoms with van der Waals surface area (Å²) in [6.07, 6.45) is 2.21. The molecule has 3 N–H and O–H groups in total. The summed E-state index contributed by atoms with van der Waals surface area (Å²) in [4.78, 5) is 0. The van der Waals surface area contributed by atoms with Gasteiger partial charge in [-0.15, -0.1) is 12.4 Å². The van der Waals surface area contributed by atoms with Gasteiger partial charge in [-0.25, -0.2) is 0 Å². The van der Waals surface area contributed by atoms with Crippen molar-refractivity contribution in [3.63, 3.8) is 0 Å². The van der Waals surface area contributed by atoms with Crippen molar-refractivity contribution in [2.24, 2.45) is 5.73 Å². The lowest BCUT2D eigenvalue weighted by Gasteiger charge is -2.19. The second-order valence-electron chi connectivity index (χ2n) is 5.63. The predicted molar refractivity (Wildman–Crippen MR) is 89.8 cm³/mol. The summed E-state index contributed by atoms with van der Waals surface area (Å²) in [6.45, 7) is 2.06. The lowest BCUT2D eigenvalue weighted by atomic mass is 9.95. The van der Waals surface area contributed by atoms with Crippen LogP contribution >= 0.6 is 12.4 Å². The molecule has 3 heteroatoms. The molecular formula is C18H22ClNO. The largest absolute Gasteiger partial charge is 0.391 e. The van der Waals surface area contributed by atoms with Crippen molar-refractivity contribution < 1.29 is 5.11 Å². The standard InChI is InChI=1S/C18H21NO.ClH/c1-2-5-17(20)18(19)13-8-9-16-14(11-13)10-12-6-3-4-7-15(12)16;/h3-4,6-9,11,17-18,20H,2,5,10,19H2,1H3;1H/t17-,18+;/m1./s1. The SMILES string of the molecule is CCC[C@@H](O)[C@@H](N)c1ccc2c(c1)Cc1ccccc1-2.Cl. The van der Waals surface area contributed by atoms with Gasteiger partial charge in [0.2, 0.25) is 0 Å². The molecule has 0 radical (unpaired) electrons. The van der Waals surface area contributed by atoms with E-state index >= 15 is 0 Å². The Hall–Kier alpha value is -1.35. The van der Waals surface area contributed by atoms with Gasteiger partial charge in [0.15, 0.2) is 0 Å². The fourth-order valence-corrected chi connectivity index (χ4v) is 3.07. The van der Waals surface area contributed by atoms with Crippen molar-refractivity contribution in [2.45, 2.75) is 38.3 Å². The molecule has 1 aliphatic carbocycles. The van der Waals surface area contributed by atoms with Crippen LogP contribution < -0.4 is 5.73 Å². The van der Waals surface area contributed by atoms with Crippen molar-refractivity contribution in [3.8, 4) is 11.1 Å². The molecule has 0 bridgehead atoms. The van der Waals surface area contributed by atoms with Crippen LogP contribution in [-0.4, -0.2) is 11.2 Å². The van der Waals surface area contributed by atoms with E-state index in [1.165, 1.54) is 22.3 Å². The molecule has 0 spiro atoms. The highest BCUT2D eigenvalue weighted by molar-refractivity contribution is 5.85. The fraction of sp³-hybridized carbons (Fsp3) is 0.333. The van der Waals surface area contributed by atoms with E-state index in [2.05, 4.69) is 49.4 Å². The first-order valence-electron chi connectivity index (χ1n) is 7.35. The maximum Gasteiger partial charge on any atom is 0.0732 e. The van der Waals surface area contributed by atoms with Crippen molar-refractivity contribution in [2.75, 3.05) is 0 Å². The molecule has 21 heavy (non-hydrogen) atoms. The van der Waals surface area contributed by atoms with Gasteiger partial charge < -0.3 is 10.8 Å². The molecule has 3 rings (SSSR count). The Morgan fingerprint density at radius 2 is 1.81 bits per heavy atom. The van der Waals surface area contributed by atoms with Gasteiger partial charge in [-0.05, 0) is 40.7 Å². The number of hydrogen-bond donors (Lipinski definition) is 2. The van der Waals surface area contributed by atoms with Crippen LogP contribution in [0.25, 0.3) is 11.1 Å². The smallest absolute Gasteiger partial charge is 0.0732 e. The van der Waals surface area contributed by atoms with Gasteiger partial charge in [-0.3, -0.25) is 0 Å². The number of aliphatic hydroxyl groups excluding tert-OH is 1. The molecule has 1 aliphatic rings. The minimum Gasteiger partial charge on any atom is -0.391 e. The van der Waals surface area contributed by atoms with E-state index < -0.39 is 6.10 Å². The molecule has 0 amide bonds. The van der Waals surface area contributed by atoms with Crippen LogP contribution in [0.3, 0.4) is 0 Å². The third kappa shape index (κ3) is 2.98. The van der Waals surface area contributed by atoms with Crippen LogP contribution in [0.15, 0.2) is 42.5 Å². The van der Waals surface area contributed by atoms with E-state index in [0.29, 0.717) is 0 Å². The summed E-state index contributed by atoms with van der Waals surface area (Å²) in [5, 5.41) is 10.1. The minimum absolute atomic E-state index is 0. The molecule has 0 heterocycles. The van der Waals surface area contributed by atoms with E-state index in [1.807, 2.05) is 0 Å². The van der Waals surface area contributed by atoms with E-state index in [1.54, 1.807) is 0 Å². The van der Waals surface area contributed by atoms with Crippen molar-refractivity contribution in [3.05, 3.63) is 59.2 Å². The summed E-state index contributed by atoms with van der Waals surface area (Å²) in [7, 11) is 0. The van der Waals surface area contributed by atoms with Crippen LogP contribution in [-0.2, 0) is 6.42 Å². The lowest BCUT2D eigenvalue weighted by Crippen LogP contribution is -2.26. The summed E-state index contributed by atoms with van der Waals surface area (Å²) >= 11 is 0. The minimum atomic E-state index is -0.457. The highest BCUT2D eigenvalue weighted by Gasteiger charge is 2.21. The highest BCUT2D eigenvalue weighted by Crippen LogP contribution is 2.37. The van der Waals surface area contributed by atoms with Crippen LogP contribution in [0.5, 0.6) is 0 Å². The first kappa shape index (κ1) is 16.0. The Labute approximate surface area is 132 Å². The topological polar surface area (TPSA) is 46.2 Å². The second-order valence-corrected chi connectivity index (χ2v) is 5.63. The number of benzene rings is 2. The van der Waals surface area contributed by atoms with Gasteiger partial charge in [0, 0.05) is 0 Å². The molecule has 0 saturated heterocycles. The number of nitrogens with two attached hydrogens (primary N) is 1. The normalized spacial score (nSPS) is 14.8. The van der Waals surface area contributed by atoms with Gasteiger partial charge in [0.1, 0.15) is 0 Å². The molecule has 0 aliphatic heterocycles. The first-order valence-corrected chi connectivity index (χ1v) is 7.35. The summed E-state index contributed by atoms with van der Waals surface area (Å²) < 4.78 is 0. The Morgan fingerprint density at radius 3 is 2.57 bits per heavy atom. The molecule has 0 saturated carbocycles. The predicted octanol–water partition coefficient (Wildman–Crippen LogP) is 3.84. The first-order chi connectivity index (χ1) is 9.70. The monoisotopic (exact) mass is 303 g/mol. The quantitative estimate of drug-likeness (QED) is 0.769. The average molecular weight is 304 g/mol. The van der Waals surface area contributed by atoms with Crippen molar-refractivity contribution >= 4 is 12.4 Å². The van der Waals surface area contributed by atoms with Gasteiger partial charge in [0.25, 0.3) is 0 Å². The number of hydrogen-bond acceptors (Lipinski definition) is 2.